The number of nitrogens with zero attached hydrogens (tertiary/aromatic N) is 1. The van der Waals surface area contributed by atoms with E-state index in [1.54, 1.807) is 32.0 Å². The van der Waals surface area contributed by atoms with Crippen molar-refractivity contribution in [1.82, 2.24) is 4.72 Å². The summed E-state index contributed by atoms with van der Waals surface area (Å²) in [4.78, 5) is 0. The molecule has 2 atom stereocenters. The fourth-order valence-corrected chi connectivity index (χ4v) is 2.88. The molecule has 1 N–H and O–H groups in total. The minimum absolute atomic E-state index is 0.433. The van der Waals surface area contributed by atoms with Crippen molar-refractivity contribution in [3.05, 3.63) is 28.8 Å². The first-order valence-corrected chi connectivity index (χ1v) is 7.91. The quantitative estimate of drug-likeness (QED) is 0.897. The Bertz CT molecular complexity index is 600. The molecule has 0 bridgehead atoms. The van der Waals surface area contributed by atoms with Gasteiger partial charge in [-0.05, 0) is 32.0 Å². The van der Waals surface area contributed by atoms with Crippen molar-refractivity contribution in [2.45, 2.75) is 31.6 Å². The standard InChI is InChI=1S/C12H15ClNO4S/c1-12(2)11(15)10(14-19(3,16)17)8-6-7(13)4-5-9(8)18-12/h4-6,10-11,15H,1-3H3. The molecule has 5 nitrogen and oxygen atoms in total. The Labute approximate surface area is 117 Å². The lowest BCUT2D eigenvalue weighted by molar-refractivity contribution is -0.0608. The summed E-state index contributed by atoms with van der Waals surface area (Å²) < 4.78 is 32.2. The van der Waals surface area contributed by atoms with E-state index in [0.29, 0.717) is 16.3 Å². The summed E-state index contributed by atoms with van der Waals surface area (Å²) in [6.07, 6.45) is -0.0833. The van der Waals surface area contributed by atoms with E-state index >= 15 is 0 Å². The Morgan fingerprint density at radius 1 is 1.42 bits per heavy atom. The molecule has 0 spiro atoms. The highest BCUT2D eigenvalue weighted by Gasteiger charge is 2.44. The van der Waals surface area contributed by atoms with Gasteiger partial charge in [-0.25, -0.2) is 8.42 Å². The molecule has 0 aromatic heterocycles. The van der Waals surface area contributed by atoms with E-state index in [-0.39, 0.29) is 0 Å². The Kier molecular flexibility index (Phi) is 3.55. The summed E-state index contributed by atoms with van der Waals surface area (Å²) in [6.45, 7) is 3.36. The van der Waals surface area contributed by atoms with Crippen molar-refractivity contribution < 1.29 is 18.3 Å². The molecule has 0 aliphatic carbocycles. The van der Waals surface area contributed by atoms with Crippen LogP contribution in [-0.4, -0.2) is 31.5 Å². The smallest absolute Gasteiger partial charge is 0.225 e. The molecular formula is C12H15ClNO4S. The van der Waals surface area contributed by atoms with Crippen LogP contribution in [0.3, 0.4) is 0 Å². The van der Waals surface area contributed by atoms with Gasteiger partial charge in [-0.15, -0.1) is 4.72 Å². The van der Waals surface area contributed by atoms with E-state index in [4.69, 9.17) is 16.3 Å². The minimum atomic E-state index is -3.60. The van der Waals surface area contributed by atoms with Crippen molar-refractivity contribution >= 4 is 21.6 Å². The molecule has 2 unspecified atom stereocenters. The maximum atomic E-state index is 11.4. The molecule has 1 aromatic carbocycles. The van der Waals surface area contributed by atoms with Crippen LogP contribution in [0.1, 0.15) is 25.5 Å². The number of halogens is 1. The largest absolute Gasteiger partial charge is 0.485 e. The van der Waals surface area contributed by atoms with Gasteiger partial charge in [0.25, 0.3) is 0 Å². The van der Waals surface area contributed by atoms with Gasteiger partial charge in [0, 0.05) is 10.6 Å². The highest BCUT2D eigenvalue weighted by atomic mass is 35.5. The second-order valence-corrected chi connectivity index (χ2v) is 7.23. The number of fused-ring (bicyclic) bond motifs is 1. The topological polar surface area (TPSA) is 77.7 Å². The molecule has 2 rings (SSSR count). The predicted molar refractivity (Wildman–Crippen MR) is 71.9 cm³/mol. The molecule has 7 heteroatoms. The van der Waals surface area contributed by atoms with Gasteiger partial charge < -0.3 is 9.84 Å². The predicted octanol–water partition coefficient (Wildman–Crippen LogP) is 1.48. The number of sulfonamides is 1. The first-order valence-electron chi connectivity index (χ1n) is 5.69. The van der Waals surface area contributed by atoms with Gasteiger partial charge in [-0.3, -0.25) is 0 Å². The Balaban J connectivity index is 2.53. The molecule has 105 valence electrons. The molecule has 0 amide bonds. The third-order valence-corrected chi connectivity index (χ3v) is 3.83. The molecule has 1 aromatic rings. The van der Waals surface area contributed by atoms with Crippen molar-refractivity contribution in [3.8, 4) is 5.75 Å². The molecule has 0 saturated carbocycles. The highest BCUT2D eigenvalue weighted by molar-refractivity contribution is 7.88. The van der Waals surface area contributed by atoms with Crippen LogP contribution in [0, 0.1) is 0 Å². The first-order chi connectivity index (χ1) is 8.60. The summed E-state index contributed by atoms with van der Waals surface area (Å²) in [5.41, 5.74) is -0.454. The summed E-state index contributed by atoms with van der Waals surface area (Å²) in [7, 11) is -3.60. The van der Waals surface area contributed by atoms with Crippen LogP contribution >= 0.6 is 11.6 Å². The first kappa shape index (κ1) is 14.6. The van der Waals surface area contributed by atoms with Gasteiger partial charge in [-0.1, -0.05) is 11.6 Å². The number of hydrogen-bond donors (Lipinski definition) is 1. The normalized spacial score (nSPS) is 25.5. The van der Waals surface area contributed by atoms with E-state index in [0.717, 1.165) is 6.26 Å². The molecule has 0 fully saturated rings. The molecule has 1 aliphatic rings. The number of aliphatic hydroxyl groups is 1. The molecule has 19 heavy (non-hydrogen) atoms. The third-order valence-electron chi connectivity index (χ3n) is 2.98. The highest BCUT2D eigenvalue weighted by Crippen LogP contribution is 2.41. The van der Waals surface area contributed by atoms with Gasteiger partial charge in [0.15, 0.2) is 0 Å². The van der Waals surface area contributed by atoms with Crippen LogP contribution in [0.2, 0.25) is 5.02 Å². The van der Waals surface area contributed by atoms with Gasteiger partial charge in [0.2, 0.25) is 10.0 Å². The van der Waals surface area contributed by atoms with E-state index in [9.17, 15) is 13.5 Å². The van der Waals surface area contributed by atoms with E-state index in [1.165, 1.54) is 0 Å². The zero-order valence-corrected chi connectivity index (χ0v) is 12.4. The lowest BCUT2D eigenvalue weighted by Gasteiger charge is -2.41. The molecule has 1 radical (unpaired) electrons. The maximum absolute atomic E-state index is 11.4. The van der Waals surface area contributed by atoms with Gasteiger partial charge >= 0.3 is 0 Å². The van der Waals surface area contributed by atoms with Crippen LogP contribution in [0.5, 0.6) is 5.75 Å². The maximum Gasteiger partial charge on any atom is 0.225 e. The van der Waals surface area contributed by atoms with E-state index in [2.05, 4.69) is 4.72 Å². The summed E-state index contributed by atoms with van der Waals surface area (Å²) in [6, 6.07) is 3.95. The van der Waals surface area contributed by atoms with Gasteiger partial charge in [-0.2, -0.15) is 0 Å². The average molecular weight is 305 g/mol. The van der Waals surface area contributed by atoms with Crippen LogP contribution < -0.4 is 9.46 Å². The van der Waals surface area contributed by atoms with Crippen molar-refractivity contribution in [2.24, 2.45) is 0 Å². The zero-order valence-electron chi connectivity index (χ0n) is 10.8. The van der Waals surface area contributed by atoms with Crippen molar-refractivity contribution in [3.63, 3.8) is 0 Å². The zero-order chi connectivity index (χ0) is 14.4. The van der Waals surface area contributed by atoms with Gasteiger partial charge in [0.05, 0.1) is 6.26 Å². The number of benzene rings is 1. The van der Waals surface area contributed by atoms with Crippen LogP contribution in [-0.2, 0) is 10.0 Å². The second-order valence-electron chi connectivity index (χ2n) is 5.12. The summed E-state index contributed by atoms with van der Waals surface area (Å²) >= 11 is 5.90. The molecule has 0 saturated heterocycles. The van der Waals surface area contributed by atoms with E-state index in [1.807, 2.05) is 0 Å². The number of rotatable bonds is 2. The fraction of sp³-hybridized carbons (Fsp3) is 0.500. The minimum Gasteiger partial charge on any atom is -0.485 e. The number of aliphatic hydroxyl groups excluding tert-OH is 1. The average Bonchev–Trinajstić information content (AvgIpc) is 2.24. The van der Waals surface area contributed by atoms with Crippen LogP contribution in [0.15, 0.2) is 18.2 Å². The van der Waals surface area contributed by atoms with E-state index < -0.39 is 27.8 Å². The molecule has 1 heterocycles. The Hall–Kier alpha value is -0.820. The number of ether oxygens (including phenoxy) is 1. The second kappa shape index (κ2) is 4.63. The Morgan fingerprint density at radius 3 is 2.63 bits per heavy atom. The monoisotopic (exact) mass is 304 g/mol. The molecular weight excluding hydrogens is 290 g/mol. The summed E-state index contributed by atoms with van der Waals surface area (Å²) in [5, 5.41) is 10.7. The van der Waals surface area contributed by atoms with Crippen molar-refractivity contribution in [2.75, 3.05) is 6.26 Å². The van der Waals surface area contributed by atoms with Gasteiger partial charge in [0.1, 0.15) is 23.5 Å². The molecule has 1 aliphatic heterocycles. The van der Waals surface area contributed by atoms with Crippen molar-refractivity contribution in [1.29, 1.82) is 0 Å². The summed E-state index contributed by atoms with van der Waals surface area (Å²) in [5.74, 6) is 0.483. The fourth-order valence-electron chi connectivity index (χ4n) is 2.06. The van der Waals surface area contributed by atoms with Crippen LogP contribution in [0.25, 0.3) is 0 Å². The SMILES string of the molecule is CC1(C)Oc2ccc(Cl)cc2C([N]S(C)(=O)=O)C1O. The Morgan fingerprint density at radius 2 is 2.05 bits per heavy atom. The third kappa shape index (κ3) is 3.02. The van der Waals surface area contributed by atoms with Crippen LogP contribution in [0.4, 0.5) is 0 Å². The lowest BCUT2D eigenvalue weighted by atomic mass is 9.87. The lowest BCUT2D eigenvalue weighted by Crippen LogP contribution is -2.51. The number of hydrogen-bond acceptors (Lipinski definition) is 4.